The van der Waals surface area contributed by atoms with Crippen molar-refractivity contribution >= 4 is 6.09 Å². The zero-order valence-corrected chi connectivity index (χ0v) is 22.7. The van der Waals surface area contributed by atoms with Crippen LogP contribution < -0.4 is 0 Å². The fourth-order valence-electron chi connectivity index (χ4n) is 6.87. The maximum atomic E-state index is 13.4. The summed E-state index contributed by atoms with van der Waals surface area (Å²) >= 11 is 0. The van der Waals surface area contributed by atoms with Gasteiger partial charge in [-0.25, -0.2) is 4.79 Å². The number of nitrogens with zero attached hydrogens (tertiary/aromatic N) is 1. The monoisotopic (exact) mass is 517 g/mol. The number of rotatable bonds is 12. The number of aliphatic hydroxyl groups is 1. The highest BCUT2D eigenvalue weighted by Gasteiger charge is 2.48. The molecule has 2 unspecified atom stereocenters. The van der Waals surface area contributed by atoms with Crippen LogP contribution in [-0.4, -0.2) is 53.6 Å². The second kappa shape index (κ2) is 12.5. The average Bonchev–Trinajstić information content (AvgIpc) is 3.24. The highest BCUT2D eigenvalue weighted by Crippen LogP contribution is 2.45. The van der Waals surface area contributed by atoms with Gasteiger partial charge in [0.2, 0.25) is 0 Å². The number of benzene rings is 2. The third-order valence-corrected chi connectivity index (χ3v) is 8.74. The summed E-state index contributed by atoms with van der Waals surface area (Å²) in [7, 11) is 0. The molecule has 0 aromatic heterocycles. The summed E-state index contributed by atoms with van der Waals surface area (Å²) in [5, 5.41) is 11.5. The van der Waals surface area contributed by atoms with Crippen molar-refractivity contribution in [2.75, 3.05) is 19.8 Å². The molecule has 2 aliphatic heterocycles. The van der Waals surface area contributed by atoms with Crippen LogP contribution >= 0.6 is 0 Å². The minimum atomic E-state index is -0.719. The number of amides is 1. The Kier molecular flexibility index (Phi) is 8.86. The first-order chi connectivity index (χ1) is 18.6. The van der Waals surface area contributed by atoms with Crippen molar-refractivity contribution in [3.8, 4) is 11.1 Å². The molecule has 2 heterocycles. The molecule has 0 saturated carbocycles. The van der Waals surface area contributed by atoms with Gasteiger partial charge in [-0.05, 0) is 54.4 Å². The molecule has 1 aliphatic carbocycles. The molecule has 0 spiro atoms. The normalized spacial score (nSPS) is 24.1. The molecule has 2 aromatic rings. The Morgan fingerprint density at radius 1 is 0.921 bits per heavy atom. The molecule has 5 nitrogen and oxygen atoms in total. The second-order valence-electron chi connectivity index (χ2n) is 11.5. The Labute approximate surface area is 227 Å². The zero-order chi connectivity index (χ0) is 26.4. The van der Waals surface area contributed by atoms with E-state index in [9.17, 15) is 9.90 Å². The highest BCUT2D eigenvalue weighted by molar-refractivity contribution is 5.79. The van der Waals surface area contributed by atoms with Crippen LogP contribution in [0.2, 0.25) is 0 Å². The van der Waals surface area contributed by atoms with E-state index < -0.39 is 5.60 Å². The largest absolute Gasteiger partial charge is 0.448 e. The molecule has 2 bridgehead atoms. The van der Waals surface area contributed by atoms with E-state index in [0.717, 1.165) is 25.7 Å². The molecular formula is C33H43NO4. The van der Waals surface area contributed by atoms with Crippen LogP contribution in [0, 0.1) is 0 Å². The average molecular weight is 518 g/mol. The fourth-order valence-corrected chi connectivity index (χ4v) is 6.87. The van der Waals surface area contributed by atoms with E-state index in [1.54, 1.807) is 0 Å². The predicted octanol–water partition coefficient (Wildman–Crippen LogP) is 7.23. The first kappa shape index (κ1) is 27.0. The van der Waals surface area contributed by atoms with E-state index in [1.165, 1.54) is 54.4 Å². The van der Waals surface area contributed by atoms with Gasteiger partial charge in [-0.3, -0.25) is 4.90 Å². The molecular weight excluding hydrogens is 474 g/mol. The van der Waals surface area contributed by atoms with Gasteiger partial charge in [-0.1, -0.05) is 93.1 Å². The number of unbranched alkanes of at least 4 members (excludes halogenated alkanes) is 7. The molecule has 5 heteroatoms. The number of ether oxygens (including phenoxy) is 2. The van der Waals surface area contributed by atoms with Gasteiger partial charge in [0.05, 0.1) is 30.9 Å². The lowest BCUT2D eigenvalue weighted by Gasteiger charge is -2.51. The lowest BCUT2D eigenvalue weighted by molar-refractivity contribution is -0.135. The molecule has 1 amide bonds. The summed E-state index contributed by atoms with van der Waals surface area (Å²) in [5.41, 5.74) is 4.17. The third-order valence-electron chi connectivity index (χ3n) is 8.74. The van der Waals surface area contributed by atoms with Crippen molar-refractivity contribution in [2.24, 2.45) is 0 Å². The molecule has 38 heavy (non-hydrogen) atoms. The summed E-state index contributed by atoms with van der Waals surface area (Å²) in [6.07, 6.45) is 13.3. The van der Waals surface area contributed by atoms with Gasteiger partial charge in [0.1, 0.15) is 6.61 Å². The smallest absolute Gasteiger partial charge is 0.410 e. The topological polar surface area (TPSA) is 59.0 Å². The molecule has 2 saturated heterocycles. The predicted molar refractivity (Wildman–Crippen MR) is 151 cm³/mol. The standard InChI is InChI=1S/C33H43NO4/c1-2-3-4-5-6-7-8-9-14-19-33(36)20-25-22-37-23-26(21-33)34(25)32(35)38-24-31-29-17-12-10-15-27(29)28-16-11-13-18-30(28)31/h2,10-13,15-18,25-26,31,36H,1,3-9,14,19-24H2. The molecule has 2 atom stereocenters. The Hall–Kier alpha value is -2.63. The Morgan fingerprint density at radius 3 is 2.08 bits per heavy atom. The number of allylic oxidation sites excluding steroid dienone is 1. The van der Waals surface area contributed by atoms with Gasteiger partial charge >= 0.3 is 6.09 Å². The van der Waals surface area contributed by atoms with Crippen LogP contribution in [0.3, 0.4) is 0 Å². The second-order valence-corrected chi connectivity index (χ2v) is 11.5. The number of carbonyl (C=O) groups is 1. The summed E-state index contributed by atoms with van der Waals surface area (Å²) in [6, 6.07) is 16.5. The van der Waals surface area contributed by atoms with Crippen LogP contribution in [0.5, 0.6) is 0 Å². The van der Waals surface area contributed by atoms with Crippen molar-refractivity contribution in [3.63, 3.8) is 0 Å². The van der Waals surface area contributed by atoms with Gasteiger partial charge in [0.25, 0.3) is 0 Å². The van der Waals surface area contributed by atoms with E-state index in [0.29, 0.717) is 32.7 Å². The van der Waals surface area contributed by atoms with E-state index in [4.69, 9.17) is 9.47 Å². The number of fused-ring (bicyclic) bond motifs is 5. The van der Waals surface area contributed by atoms with Crippen molar-refractivity contribution in [3.05, 3.63) is 72.3 Å². The van der Waals surface area contributed by atoms with E-state index in [2.05, 4.69) is 55.1 Å². The van der Waals surface area contributed by atoms with Gasteiger partial charge in [0.15, 0.2) is 0 Å². The number of hydrogen-bond acceptors (Lipinski definition) is 4. The number of piperidine rings is 1. The maximum absolute atomic E-state index is 13.4. The van der Waals surface area contributed by atoms with E-state index in [-0.39, 0.29) is 24.1 Å². The van der Waals surface area contributed by atoms with E-state index in [1.807, 2.05) is 11.0 Å². The SMILES string of the molecule is C=CCCCCCCCCCC1(O)CC2COCC(C1)N2C(=O)OCC1c2ccccc2-c2ccccc21. The van der Waals surface area contributed by atoms with Gasteiger partial charge in [0, 0.05) is 5.92 Å². The lowest BCUT2D eigenvalue weighted by atomic mass is 9.78. The maximum Gasteiger partial charge on any atom is 0.410 e. The van der Waals surface area contributed by atoms with Crippen molar-refractivity contribution in [2.45, 2.75) is 94.2 Å². The summed E-state index contributed by atoms with van der Waals surface area (Å²) in [5.74, 6) is 0.0474. The van der Waals surface area contributed by atoms with Crippen LogP contribution in [0.1, 0.15) is 87.7 Å². The highest BCUT2D eigenvalue weighted by atomic mass is 16.6. The zero-order valence-electron chi connectivity index (χ0n) is 22.7. The first-order valence-electron chi connectivity index (χ1n) is 14.6. The minimum absolute atomic E-state index is 0.0474. The molecule has 204 valence electrons. The van der Waals surface area contributed by atoms with Crippen molar-refractivity contribution in [1.29, 1.82) is 0 Å². The summed E-state index contributed by atoms with van der Waals surface area (Å²) < 4.78 is 11.8. The number of morpholine rings is 1. The Bertz CT molecular complexity index is 1040. The molecule has 5 rings (SSSR count). The number of carbonyl (C=O) groups excluding carboxylic acids is 1. The summed E-state index contributed by atoms with van der Waals surface area (Å²) in [6.45, 7) is 5.04. The summed E-state index contributed by atoms with van der Waals surface area (Å²) in [4.78, 5) is 15.3. The van der Waals surface area contributed by atoms with Gasteiger partial charge in [-0.2, -0.15) is 0 Å². The molecule has 2 aromatic carbocycles. The van der Waals surface area contributed by atoms with Gasteiger partial charge < -0.3 is 14.6 Å². The molecule has 3 aliphatic rings. The minimum Gasteiger partial charge on any atom is -0.448 e. The van der Waals surface area contributed by atoms with E-state index >= 15 is 0 Å². The lowest BCUT2D eigenvalue weighted by Crippen LogP contribution is -2.63. The van der Waals surface area contributed by atoms with Crippen LogP contribution in [0.25, 0.3) is 11.1 Å². The molecule has 1 N–H and O–H groups in total. The van der Waals surface area contributed by atoms with Crippen LogP contribution in [0.4, 0.5) is 4.79 Å². The first-order valence-corrected chi connectivity index (χ1v) is 14.6. The van der Waals surface area contributed by atoms with Gasteiger partial charge in [-0.15, -0.1) is 6.58 Å². The molecule has 0 radical (unpaired) electrons. The van der Waals surface area contributed by atoms with Crippen LogP contribution in [0.15, 0.2) is 61.2 Å². The molecule has 2 fully saturated rings. The van der Waals surface area contributed by atoms with Crippen molar-refractivity contribution < 1.29 is 19.4 Å². The Morgan fingerprint density at radius 2 is 1.47 bits per heavy atom. The van der Waals surface area contributed by atoms with Crippen LogP contribution in [-0.2, 0) is 9.47 Å². The van der Waals surface area contributed by atoms with Crippen molar-refractivity contribution in [1.82, 2.24) is 4.90 Å². The Balaban J connectivity index is 1.12. The quantitative estimate of drug-likeness (QED) is 0.238. The number of hydrogen-bond donors (Lipinski definition) is 1. The third kappa shape index (κ3) is 6.00. The fraction of sp³-hybridized carbons (Fsp3) is 0.545.